The van der Waals surface area contributed by atoms with Gasteiger partial charge < -0.3 is 14.8 Å². The standard InChI is InChI=1S/C14H18N2O3/c1-8(2)6-11(13(17)18)16-14-15-10-7-9(3)4-5-12(10)19-14/h4-5,7-8,11H,6H2,1-3H3,(H,15,16)(H,17,18)/t11-/m1/s1. The Hall–Kier alpha value is -2.04. The van der Waals surface area contributed by atoms with Crippen LogP contribution in [0.2, 0.25) is 0 Å². The molecule has 0 saturated carbocycles. The van der Waals surface area contributed by atoms with Crippen LogP contribution in [0.5, 0.6) is 0 Å². The molecule has 0 spiro atoms. The topological polar surface area (TPSA) is 75.4 Å². The fourth-order valence-electron chi connectivity index (χ4n) is 1.94. The highest BCUT2D eigenvalue weighted by atomic mass is 16.4. The van der Waals surface area contributed by atoms with Gasteiger partial charge >= 0.3 is 5.97 Å². The fraction of sp³-hybridized carbons (Fsp3) is 0.429. The van der Waals surface area contributed by atoms with Crippen molar-refractivity contribution in [3.8, 4) is 0 Å². The summed E-state index contributed by atoms with van der Waals surface area (Å²) in [6, 6.07) is 5.24. The van der Waals surface area contributed by atoms with E-state index in [1.807, 2.05) is 39.0 Å². The molecule has 19 heavy (non-hydrogen) atoms. The minimum absolute atomic E-state index is 0.258. The number of carboxylic acid groups (broad SMARTS) is 1. The average molecular weight is 262 g/mol. The number of rotatable bonds is 5. The van der Waals surface area contributed by atoms with E-state index < -0.39 is 12.0 Å². The summed E-state index contributed by atoms with van der Waals surface area (Å²) in [5, 5.41) is 12.0. The van der Waals surface area contributed by atoms with Crippen LogP contribution >= 0.6 is 0 Å². The minimum Gasteiger partial charge on any atom is -0.480 e. The van der Waals surface area contributed by atoms with Crippen LogP contribution in [-0.4, -0.2) is 22.1 Å². The number of anilines is 1. The number of aliphatic carboxylic acids is 1. The summed E-state index contributed by atoms with van der Waals surface area (Å²) in [4.78, 5) is 15.4. The molecule has 0 fully saturated rings. The van der Waals surface area contributed by atoms with Gasteiger partial charge in [0.05, 0.1) is 0 Å². The summed E-state index contributed by atoms with van der Waals surface area (Å²) in [7, 11) is 0. The van der Waals surface area contributed by atoms with Crippen molar-refractivity contribution in [3.05, 3.63) is 23.8 Å². The van der Waals surface area contributed by atoms with Gasteiger partial charge in [0, 0.05) is 0 Å². The van der Waals surface area contributed by atoms with Gasteiger partial charge in [0.15, 0.2) is 5.58 Å². The molecule has 5 heteroatoms. The number of carbonyl (C=O) groups is 1. The van der Waals surface area contributed by atoms with E-state index in [2.05, 4.69) is 10.3 Å². The summed E-state index contributed by atoms with van der Waals surface area (Å²) >= 11 is 0. The normalized spacial score (nSPS) is 12.8. The first-order valence-corrected chi connectivity index (χ1v) is 6.32. The summed E-state index contributed by atoms with van der Waals surface area (Å²) in [5.41, 5.74) is 2.47. The third-order valence-corrected chi connectivity index (χ3v) is 2.85. The van der Waals surface area contributed by atoms with Crippen LogP contribution in [0, 0.1) is 12.8 Å². The van der Waals surface area contributed by atoms with Crippen molar-refractivity contribution < 1.29 is 14.3 Å². The fourth-order valence-corrected chi connectivity index (χ4v) is 1.94. The number of nitrogens with one attached hydrogen (secondary N) is 1. The van der Waals surface area contributed by atoms with Crippen molar-refractivity contribution in [2.24, 2.45) is 5.92 Å². The van der Waals surface area contributed by atoms with Gasteiger partial charge in [0.1, 0.15) is 11.6 Å². The first-order chi connectivity index (χ1) is 8.95. The Kier molecular flexibility index (Phi) is 3.74. The maximum absolute atomic E-state index is 11.2. The minimum atomic E-state index is -0.896. The van der Waals surface area contributed by atoms with E-state index in [1.165, 1.54) is 0 Å². The summed E-state index contributed by atoms with van der Waals surface area (Å²) in [5.74, 6) is -0.618. The molecule has 1 aromatic carbocycles. The third kappa shape index (κ3) is 3.24. The summed E-state index contributed by atoms with van der Waals surface area (Å²) < 4.78 is 5.50. The lowest BCUT2D eigenvalue weighted by molar-refractivity contribution is -0.138. The van der Waals surface area contributed by atoms with Gasteiger partial charge in [-0.2, -0.15) is 4.98 Å². The highest BCUT2D eigenvalue weighted by Gasteiger charge is 2.20. The molecule has 5 nitrogen and oxygen atoms in total. The van der Waals surface area contributed by atoms with Crippen LogP contribution in [0.4, 0.5) is 6.01 Å². The van der Waals surface area contributed by atoms with Gasteiger partial charge in [-0.25, -0.2) is 4.79 Å². The van der Waals surface area contributed by atoms with Crippen LogP contribution in [0.1, 0.15) is 25.8 Å². The Labute approximate surface area is 111 Å². The first kappa shape index (κ1) is 13.4. The van der Waals surface area contributed by atoms with E-state index in [4.69, 9.17) is 4.42 Å². The number of aryl methyl sites for hydroxylation is 1. The van der Waals surface area contributed by atoms with E-state index in [-0.39, 0.29) is 11.9 Å². The van der Waals surface area contributed by atoms with Crippen molar-refractivity contribution in [2.45, 2.75) is 33.2 Å². The number of fused-ring (bicyclic) bond motifs is 1. The maximum atomic E-state index is 11.2. The maximum Gasteiger partial charge on any atom is 0.326 e. The molecule has 102 valence electrons. The van der Waals surface area contributed by atoms with E-state index in [9.17, 15) is 9.90 Å². The third-order valence-electron chi connectivity index (χ3n) is 2.85. The number of benzene rings is 1. The Morgan fingerprint density at radius 3 is 2.84 bits per heavy atom. The number of nitrogens with zero attached hydrogens (tertiary/aromatic N) is 1. The largest absolute Gasteiger partial charge is 0.480 e. The van der Waals surface area contributed by atoms with E-state index in [1.54, 1.807) is 0 Å². The summed E-state index contributed by atoms with van der Waals surface area (Å²) in [6.45, 7) is 5.93. The first-order valence-electron chi connectivity index (χ1n) is 6.32. The molecule has 2 aromatic rings. The van der Waals surface area contributed by atoms with Crippen LogP contribution in [0.25, 0.3) is 11.1 Å². The molecule has 0 unspecified atom stereocenters. The van der Waals surface area contributed by atoms with Crippen LogP contribution < -0.4 is 5.32 Å². The number of hydrogen-bond acceptors (Lipinski definition) is 4. The molecule has 1 atom stereocenters. The van der Waals surface area contributed by atoms with Crippen LogP contribution in [-0.2, 0) is 4.79 Å². The molecule has 0 aliphatic heterocycles. The van der Waals surface area contributed by atoms with E-state index in [0.717, 1.165) is 11.1 Å². The summed E-state index contributed by atoms with van der Waals surface area (Å²) in [6.07, 6.45) is 0.521. The molecule has 2 rings (SSSR count). The number of oxazole rings is 1. The molecule has 1 heterocycles. The van der Waals surface area contributed by atoms with Gasteiger partial charge in [0.2, 0.25) is 0 Å². The van der Waals surface area contributed by atoms with Crippen molar-refractivity contribution >= 4 is 23.1 Å². The molecule has 0 bridgehead atoms. The molecule has 0 amide bonds. The quantitative estimate of drug-likeness (QED) is 0.866. The molecule has 0 aliphatic rings. The molecule has 2 N–H and O–H groups in total. The van der Waals surface area contributed by atoms with Crippen LogP contribution in [0.15, 0.2) is 22.6 Å². The molecule has 0 aliphatic carbocycles. The second-order valence-electron chi connectivity index (χ2n) is 5.15. The lowest BCUT2D eigenvalue weighted by Gasteiger charge is -2.14. The predicted octanol–water partition coefficient (Wildman–Crippen LogP) is 3.05. The second-order valence-corrected chi connectivity index (χ2v) is 5.15. The lowest BCUT2D eigenvalue weighted by atomic mass is 10.0. The average Bonchev–Trinajstić information content (AvgIpc) is 2.68. The Morgan fingerprint density at radius 1 is 1.47 bits per heavy atom. The Morgan fingerprint density at radius 2 is 2.21 bits per heavy atom. The van der Waals surface area contributed by atoms with Gasteiger partial charge in [-0.15, -0.1) is 0 Å². The van der Waals surface area contributed by atoms with Gasteiger partial charge in [0.25, 0.3) is 6.01 Å². The van der Waals surface area contributed by atoms with Gasteiger partial charge in [-0.05, 0) is 37.0 Å². The smallest absolute Gasteiger partial charge is 0.326 e. The highest BCUT2D eigenvalue weighted by molar-refractivity contribution is 5.78. The molecular weight excluding hydrogens is 244 g/mol. The zero-order chi connectivity index (χ0) is 14.0. The van der Waals surface area contributed by atoms with E-state index >= 15 is 0 Å². The predicted molar refractivity (Wildman–Crippen MR) is 73.2 cm³/mol. The van der Waals surface area contributed by atoms with Crippen LogP contribution in [0.3, 0.4) is 0 Å². The van der Waals surface area contributed by atoms with Gasteiger partial charge in [-0.3, -0.25) is 0 Å². The van der Waals surface area contributed by atoms with Crippen molar-refractivity contribution in [1.29, 1.82) is 0 Å². The van der Waals surface area contributed by atoms with Crippen molar-refractivity contribution in [2.75, 3.05) is 5.32 Å². The number of aromatic nitrogens is 1. The Bertz CT molecular complexity index is 589. The molecule has 0 saturated heterocycles. The Balaban J connectivity index is 2.21. The monoisotopic (exact) mass is 262 g/mol. The molecular formula is C14H18N2O3. The zero-order valence-electron chi connectivity index (χ0n) is 11.3. The highest BCUT2D eigenvalue weighted by Crippen LogP contribution is 2.21. The van der Waals surface area contributed by atoms with E-state index in [0.29, 0.717) is 12.0 Å². The SMILES string of the molecule is Cc1ccc2oc(N[C@H](CC(C)C)C(=O)O)nc2c1. The van der Waals surface area contributed by atoms with Gasteiger partial charge in [-0.1, -0.05) is 19.9 Å². The molecule has 1 aromatic heterocycles. The number of carboxylic acids is 1. The van der Waals surface area contributed by atoms with Crippen molar-refractivity contribution in [1.82, 2.24) is 4.98 Å². The zero-order valence-corrected chi connectivity index (χ0v) is 11.3. The van der Waals surface area contributed by atoms with Crippen molar-refractivity contribution in [3.63, 3.8) is 0 Å². The lowest BCUT2D eigenvalue weighted by Crippen LogP contribution is -2.30. The second kappa shape index (κ2) is 5.30. The number of hydrogen-bond donors (Lipinski definition) is 2. The molecule has 0 radical (unpaired) electrons.